The second kappa shape index (κ2) is 4.61. The van der Waals surface area contributed by atoms with Crippen LogP contribution >= 0.6 is 0 Å². The molecule has 0 saturated carbocycles. The van der Waals surface area contributed by atoms with Gasteiger partial charge in [0, 0.05) is 6.07 Å². The molecule has 0 fully saturated rings. The van der Waals surface area contributed by atoms with Crippen LogP contribution in [0.15, 0.2) is 35.1 Å². The lowest BCUT2D eigenvalue weighted by Crippen LogP contribution is -2.05. The predicted molar refractivity (Wildman–Crippen MR) is 71.3 cm³/mol. The van der Waals surface area contributed by atoms with Gasteiger partial charge in [0.05, 0.1) is 18.2 Å². The number of ether oxygens (including phenoxy) is 1. The van der Waals surface area contributed by atoms with Gasteiger partial charge in [-0.2, -0.15) is 5.10 Å². The normalized spacial score (nSPS) is 10.7. The van der Waals surface area contributed by atoms with E-state index in [2.05, 4.69) is 20.2 Å². The molecule has 0 aliphatic rings. The lowest BCUT2D eigenvalue weighted by molar-refractivity contribution is 0.0603. The van der Waals surface area contributed by atoms with Crippen LogP contribution in [0.2, 0.25) is 0 Å². The Morgan fingerprint density at radius 2 is 2.10 bits per heavy atom. The molecular weight excluding hydrogens is 260 g/mol. The molecule has 7 heteroatoms. The minimum atomic E-state index is -0.455. The number of nitrogens with zero attached hydrogens (tertiary/aromatic N) is 2. The van der Waals surface area contributed by atoms with E-state index in [0.29, 0.717) is 28.1 Å². The van der Waals surface area contributed by atoms with Gasteiger partial charge in [0.2, 0.25) is 0 Å². The summed E-state index contributed by atoms with van der Waals surface area (Å²) in [6, 6.07) is 8.07. The van der Waals surface area contributed by atoms with E-state index >= 15 is 0 Å². The van der Waals surface area contributed by atoms with Crippen molar-refractivity contribution in [1.82, 2.24) is 20.2 Å². The minimum absolute atomic E-state index is 0.292. The quantitative estimate of drug-likeness (QED) is 0.679. The minimum Gasteiger partial charge on any atom is -0.465 e. The van der Waals surface area contributed by atoms with Crippen LogP contribution in [0.3, 0.4) is 0 Å². The summed E-state index contributed by atoms with van der Waals surface area (Å²) in [6.07, 6.45) is 0. The fourth-order valence-electron chi connectivity index (χ4n) is 1.90. The molecule has 0 bridgehead atoms. The number of benzene rings is 1. The molecule has 1 aromatic carbocycles. The molecule has 0 radical (unpaired) electrons. The standard InChI is InChI=1S/C13H10N4O3/c1-20-13(19)7-3-2-4-8-11(7)15-12(14-8)9-5-6-10(18)17-16-9/h2-6H,1H3,(H,14,15)(H,17,18). The average molecular weight is 270 g/mol. The van der Waals surface area contributed by atoms with Crippen molar-refractivity contribution < 1.29 is 9.53 Å². The molecule has 0 amide bonds. The summed E-state index contributed by atoms with van der Waals surface area (Å²) in [5.41, 5.74) is 1.76. The van der Waals surface area contributed by atoms with Gasteiger partial charge >= 0.3 is 5.97 Å². The monoisotopic (exact) mass is 270 g/mol. The number of fused-ring (bicyclic) bond motifs is 1. The number of carbonyl (C=O) groups excluding carboxylic acids is 1. The maximum atomic E-state index is 11.7. The Morgan fingerprint density at radius 1 is 1.25 bits per heavy atom. The first-order valence-corrected chi connectivity index (χ1v) is 5.82. The number of aromatic amines is 2. The molecule has 20 heavy (non-hydrogen) atoms. The van der Waals surface area contributed by atoms with Crippen molar-refractivity contribution in [2.45, 2.75) is 0 Å². The van der Waals surface area contributed by atoms with Crippen LogP contribution in [-0.2, 0) is 4.74 Å². The molecule has 0 aliphatic heterocycles. The van der Waals surface area contributed by atoms with E-state index in [-0.39, 0.29) is 5.56 Å². The summed E-state index contributed by atoms with van der Waals surface area (Å²) in [7, 11) is 1.32. The topological polar surface area (TPSA) is 101 Å². The fourth-order valence-corrected chi connectivity index (χ4v) is 1.90. The van der Waals surface area contributed by atoms with Gasteiger partial charge in [-0.05, 0) is 18.2 Å². The van der Waals surface area contributed by atoms with Gasteiger partial charge in [0.1, 0.15) is 11.2 Å². The highest BCUT2D eigenvalue weighted by molar-refractivity contribution is 6.02. The molecule has 2 aromatic heterocycles. The first-order chi connectivity index (χ1) is 9.69. The first-order valence-electron chi connectivity index (χ1n) is 5.82. The number of hydrogen-bond acceptors (Lipinski definition) is 5. The van der Waals surface area contributed by atoms with Gasteiger partial charge in [0.25, 0.3) is 5.56 Å². The van der Waals surface area contributed by atoms with Crippen LogP contribution < -0.4 is 5.56 Å². The van der Waals surface area contributed by atoms with Crippen LogP contribution in [-0.4, -0.2) is 33.2 Å². The van der Waals surface area contributed by atoms with E-state index in [4.69, 9.17) is 4.74 Å². The van der Waals surface area contributed by atoms with Crippen molar-refractivity contribution in [3.8, 4) is 11.5 Å². The summed E-state index contributed by atoms with van der Waals surface area (Å²) in [5, 5.41) is 6.23. The third-order valence-electron chi connectivity index (χ3n) is 2.84. The molecule has 7 nitrogen and oxygen atoms in total. The maximum Gasteiger partial charge on any atom is 0.340 e. The number of para-hydroxylation sites is 1. The van der Waals surface area contributed by atoms with Crippen LogP contribution in [0, 0.1) is 0 Å². The molecule has 3 rings (SSSR count). The number of esters is 1. The highest BCUT2D eigenvalue weighted by atomic mass is 16.5. The number of hydrogen-bond donors (Lipinski definition) is 2. The first kappa shape index (κ1) is 12.1. The number of H-pyrrole nitrogens is 2. The predicted octanol–water partition coefficient (Wildman–Crippen LogP) is 1.10. The zero-order valence-electron chi connectivity index (χ0n) is 10.5. The Bertz CT molecular complexity index is 830. The van der Waals surface area contributed by atoms with Gasteiger partial charge < -0.3 is 9.72 Å². The molecule has 0 unspecified atom stereocenters. The Balaban J connectivity index is 2.18. The Kier molecular flexibility index (Phi) is 2.79. The Hall–Kier alpha value is -2.96. The molecule has 0 atom stereocenters. The highest BCUT2D eigenvalue weighted by Crippen LogP contribution is 2.21. The highest BCUT2D eigenvalue weighted by Gasteiger charge is 2.14. The smallest absolute Gasteiger partial charge is 0.340 e. The second-order valence-electron chi connectivity index (χ2n) is 4.09. The second-order valence-corrected chi connectivity index (χ2v) is 4.09. The number of rotatable bonds is 2. The van der Waals surface area contributed by atoms with Gasteiger partial charge in [-0.25, -0.2) is 14.9 Å². The van der Waals surface area contributed by atoms with Gasteiger partial charge in [-0.1, -0.05) is 6.07 Å². The van der Waals surface area contributed by atoms with Crippen molar-refractivity contribution in [3.63, 3.8) is 0 Å². The van der Waals surface area contributed by atoms with Gasteiger partial charge in [-0.15, -0.1) is 0 Å². The molecule has 0 saturated heterocycles. The maximum absolute atomic E-state index is 11.7. The average Bonchev–Trinajstić information content (AvgIpc) is 2.91. The molecule has 100 valence electrons. The lowest BCUT2D eigenvalue weighted by Gasteiger charge is -1.98. The summed E-state index contributed by atoms with van der Waals surface area (Å²) in [4.78, 5) is 30.1. The number of nitrogens with one attached hydrogen (secondary N) is 2. The van der Waals surface area contributed by atoms with Crippen molar-refractivity contribution in [2.75, 3.05) is 7.11 Å². The molecule has 2 heterocycles. The fraction of sp³-hybridized carbons (Fsp3) is 0.0769. The zero-order valence-corrected chi connectivity index (χ0v) is 10.5. The lowest BCUT2D eigenvalue weighted by atomic mass is 10.2. The van der Waals surface area contributed by atoms with E-state index in [9.17, 15) is 9.59 Å². The van der Waals surface area contributed by atoms with E-state index in [1.54, 1.807) is 24.3 Å². The number of methoxy groups -OCH3 is 1. The summed E-state index contributed by atoms with van der Waals surface area (Å²) in [6.45, 7) is 0. The van der Waals surface area contributed by atoms with Crippen LogP contribution in [0.25, 0.3) is 22.6 Å². The van der Waals surface area contributed by atoms with E-state index in [1.807, 2.05) is 0 Å². The van der Waals surface area contributed by atoms with Crippen molar-refractivity contribution in [2.24, 2.45) is 0 Å². The van der Waals surface area contributed by atoms with Crippen LogP contribution in [0.5, 0.6) is 0 Å². The third-order valence-corrected chi connectivity index (χ3v) is 2.84. The van der Waals surface area contributed by atoms with Gasteiger partial charge in [0.15, 0.2) is 5.82 Å². The van der Waals surface area contributed by atoms with Crippen LogP contribution in [0.4, 0.5) is 0 Å². The number of aromatic nitrogens is 4. The molecule has 0 spiro atoms. The molecule has 0 aliphatic carbocycles. The number of imidazole rings is 1. The van der Waals surface area contributed by atoms with E-state index < -0.39 is 5.97 Å². The van der Waals surface area contributed by atoms with Crippen molar-refractivity contribution >= 4 is 17.0 Å². The van der Waals surface area contributed by atoms with E-state index in [0.717, 1.165) is 0 Å². The third kappa shape index (κ3) is 1.95. The summed E-state index contributed by atoms with van der Waals surface area (Å²) in [5.74, 6) is 0.00989. The largest absolute Gasteiger partial charge is 0.465 e. The molecular formula is C13H10N4O3. The van der Waals surface area contributed by atoms with Crippen LogP contribution in [0.1, 0.15) is 10.4 Å². The number of carbonyl (C=O) groups is 1. The Morgan fingerprint density at radius 3 is 2.80 bits per heavy atom. The van der Waals surface area contributed by atoms with Gasteiger partial charge in [-0.3, -0.25) is 4.79 Å². The Labute approximate surface area is 112 Å². The summed E-state index contributed by atoms with van der Waals surface area (Å²) < 4.78 is 4.72. The van der Waals surface area contributed by atoms with Crippen molar-refractivity contribution in [3.05, 3.63) is 46.2 Å². The summed E-state index contributed by atoms with van der Waals surface area (Å²) >= 11 is 0. The molecule has 3 aromatic rings. The zero-order chi connectivity index (χ0) is 14.1. The van der Waals surface area contributed by atoms with E-state index in [1.165, 1.54) is 13.2 Å². The molecule has 2 N–H and O–H groups in total. The SMILES string of the molecule is COC(=O)c1cccc2[nH]c(-c3ccc(=O)[nH]n3)nc12. The van der Waals surface area contributed by atoms with Crippen molar-refractivity contribution in [1.29, 1.82) is 0 Å².